The van der Waals surface area contributed by atoms with Gasteiger partial charge in [0.15, 0.2) is 5.11 Å². The molecule has 0 saturated heterocycles. The fourth-order valence-corrected chi connectivity index (χ4v) is 7.42. The van der Waals surface area contributed by atoms with Gasteiger partial charge in [0.25, 0.3) is 0 Å². The van der Waals surface area contributed by atoms with Gasteiger partial charge in [0.1, 0.15) is 5.00 Å². The van der Waals surface area contributed by atoms with Crippen molar-refractivity contribution in [1.82, 2.24) is 0 Å². The van der Waals surface area contributed by atoms with Crippen LogP contribution in [0.15, 0.2) is 89.8 Å². The SMILES string of the molecule is COC(=O)c1c(NC(=O)C(C)Sc2cccc(NC(=S)Nc3ccccc3)c2)sc2c1CCC(c1ccccc1)C2. The largest absolute Gasteiger partial charge is 0.465 e. The summed E-state index contributed by atoms with van der Waals surface area (Å²) >= 11 is 8.38. The summed E-state index contributed by atoms with van der Waals surface area (Å²) in [6, 6.07) is 27.9. The number of hydrogen-bond acceptors (Lipinski definition) is 6. The molecule has 0 fully saturated rings. The molecule has 1 aromatic heterocycles. The van der Waals surface area contributed by atoms with Crippen molar-refractivity contribution in [2.75, 3.05) is 23.1 Å². The van der Waals surface area contributed by atoms with E-state index in [0.717, 1.165) is 46.0 Å². The molecule has 3 N–H and O–H groups in total. The molecule has 4 aromatic rings. The molecule has 1 amide bonds. The van der Waals surface area contributed by atoms with Crippen molar-refractivity contribution in [2.24, 2.45) is 0 Å². The van der Waals surface area contributed by atoms with Gasteiger partial charge in [-0.1, -0.05) is 54.6 Å². The Morgan fingerprint density at radius 2 is 1.63 bits per heavy atom. The molecule has 1 heterocycles. The first-order valence-electron chi connectivity index (χ1n) is 13.4. The quantitative estimate of drug-likeness (QED) is 0.108. The summed E-state index contributed by atoms with van der Waals surface area (Å²) in [5, 5.41) is 10.1. The van der Waals surface area contributed by atoms with Gasteiger partial charge in [-0.3, -0.25) is 4.79 Å². The van der Waals surface area contributed by atoms with Crippen LogP contribution in [0, 0.1) is 0 Å². The van der Waals surface area contributed by atoms with Crippen LogP contribution in [0.4, 0.5) is 16.4 Å². The van der Waals surface area contributed by atoms with Crippen molar-refractivity contribution in [2.45, 2.75) is 42.2 Å². The number of anilines is 3. The van der Waals surface area contributed by atoms with Crippen molar-refractivity contribution in [3.63, 3.8) is 0 Å². The van der Waals surface area contributed by atoms with E-state index in [1.165, 1.54) is 35.8 Å². The molecule has 41 heavy (non-hydrogen) atoms. The Balaban J connectivity index is 1.25. The second-order valence-corrected chi connectivity index (χ2v) is 12.7. The number of para-hydroxylation sites is 1. The lowest BCUT2D eigenvalue weighted by Crippen LogP contribution is -2.23. The van der Waals surface area contributed by atoms with E-state index in [9.17, 15) is 9.59 Å². The van der Waals surface area contributed by atoms with Crippen LogP contribution in [0.1, 0.15) is 45.6 Å². The first-order chi connectivity index (χ1) is 19.9. The van der Waals surface area contributed by atoms with E-state index in [1.54, 1.807) is 0 Å². The number of amides is 1. The molecule has 0 aliphatic heterocycles. The van der Waals surface area contributed by atoms with E-state index in [4.69, 9.17) is 17.0 Å². The molecule has 1 aliphatic carbocycles. The van der Waals surface area contributed by atoms with Gasteiger partial charge >= 0.3 is 5.97 Å². The third-order valence-electron chi connectivity index (χ3n) is 6.97. The number of carbonyl (C=O) groups excluding carboxylic acids is 2. The van der Waals surface area contributed by atoms with E-state index < -0.39 is 11.2 Å². The lowest BCUT2D eigenvalue weighted by molar-refractivity contribution is -0.115. The highest BCUT2D eigenvalue weighted by atomic mass is 32.2. The van der Waals surface area contributed by atoms with E-state index in [1.807, 2.05) is 67.6 Å². The van der Waals surface area contributed by atoms with Crippen LogP contribution in [-0.4, -0.2) is 29.3 Å². The normalized spacial score (nSPS) is 14.8. The molecule has 5 rings (SSSR count). The standard InChI is InChI=1S/C32H31N3O3S3/c1-20(40-25-15-9-14-24(19-25)34-32(39)33-23-12-7-4-8-13-23)29(36)35-30-28(31(37)38-2)26-17-16-22(18-27(26)41-30)21-10-5-3-6-11-21/h3-15,19-20,22H,16-18H2,1-2H3,(H,35,36)(H2,33,34,39). The summed E-state index contributed by atoms with van der Waals surface area (Å²) < 4.78 is 5.12. The van der Waals surface area contributed by atoms with Crippen molar-refractivity contribution in [3.05, 3.63) is 106 Å². The van der Waals surface area contributed by atoms with Crippen molar-refractivity contribution in [1.29, 1.82) is 0 Å². The summed E-state index contributed by atoms with van der Waals surface area (Å²) in [6.07, 6.45) is 2.57. The number of esters is 1. The second-order valence-electron chi connectivity index (χ2n) is 9.77. The number of thiophene rings is 1. The number of carbonyl (C=O) groups is 2. The Morgan fingerprint density at radius 3 is 2.37 bits per heavy atom. The third-order valence-corrected chi connectivity index (χ3v) is 9.44. The number of benzene rings is 3. The van der Waals surface area contributed by atoms with E-state index >= 15 is 0 Å². The maximum absolute atomic E-state index is 13.3. The van der Waals surface area contributed by atoms with Crippen molar-refractivity contribution in [3.8, 4) is 0 Å². The first-order valence-corrected chi connectivity index (χ1v) is 15.5. The minimum absolute atomic E-state index is 0.169. The van der Waals surface area contributed by atoms with Gasteiger partial charge in [0.05, 0.1) is 17.9 Å². The lowest BCUT2D eigenvalue weighted by atomic mass is 9.83. The molecule has 210 valence electrons. The maximum Gasteiger partial charge on any atom is 0.341 e. The first kappa shape index (κ1) is 28.9. The molecule has 0 bridgehead atoms. The average molecular weight is 602 g/mol. The van der Waals surface area contributed by atoms with Gasteiger partial charge in [0.2, 0.25) is 5.91 Å². The topological polar surface area (TPSA) is 79.5 Å². The highest BCUT2D eigenvalue weighted by Crippen LogP contribution is 2.43. The summed E-state index contributed by atoms with van der Waals surface area (Å²) in [5.74, 6) is -0.185. The molecule has 1 aliphatic rings. The number of fused-ring (bicyclic) bond motifs is 1. The molecule has 0 radical (unpaired) electrons. The zero-order valence-corrected chi connectivity index (χ0v) is 25.3. The number of ether oxygens (including phenoxy) is 1. The Labute approximate surface area is 253 Å². The fraction of sp³-hybridized carbons (Fsp3) is 0.219. The predicted octanol–water partition coefficient (Wildman–Crippen LogP) is 7.74. The summed E-state index contributed by atoms with van der Waals surface area (Å²) in [4.78, 5) is 28.2. The van der Waals surface area contributed by atoms with Crippen LogP contribution >= 0.6 is 35.3 Å². The summed E-state index contributed by atoms with van der Waals surface area (Å²) in [6.45, 7) is 1.86. The Hall–Kier alpha value is -3.66. The van der Waals surface area contributed by atoms with Gasteiger partial charge < -0.3 is 20.7 Å². The zero-order valence-electron chi connectivity index (χ0n) is 22.8. The Bertz CT molecular complexity index is 1540. The minimum Gasteiger partial charge on any atom is -0.465 e. The van der Waals surface area contributed by atoms with E-state index in [-0.39, 0.29) is 5.91 Å². The summed E-state index contributed by atoms with van der Waals surface area (Å²) in [5.41, 5.74) is 4.52. The van der Waals surface area contributed by atoms with Gasteiger partial charge in [0, 0.05) is 21.1 Å². The van der Waals surface area contributed by atoms with Crippen LogP contribution in [0.2, 0.25) is 0 Å². The monoisotopic (exact) mass is 601 g/mol. The van der Waals surface area contributed by atoms with Crippen molar-refractivity contribution >= 4 is 68.7 Å². The molecule has 0 spiro atoms. The van der Waals surface area contributed by atoms with Gasteiger partial charge in [-0.25, -0.2) is 4.79 Å². The molecule has 9 heteroatoms. The number of thiocarbonyl (C=S) groups is 1. The van der Waals surface area contributed by atoms with Crippen molar-refractivity contribution < 1.29 is 14.3 Å². The van der Waals surface area contributed by atoms with Crippen LogP contribution in [0.3, 0.4) is 0 Å². The zero-order chi connectivity index (χ0) is 28.8. The van der Waals surface area contributed by atoms with Gasteiger partial charge in [-0.15, -0.1) is 23.1 Å². The molecule has 3 aromatic carbocycles. The molecule has 2 atom stereocenters. The Morgan fingerprint density at radius 1 is 0.951 bits per heavy atom. The van der Waals surface area contributed by atoms with Crippen LogP contribution < -0.4 is 16.0 Å². The van der Waals surface area contributed by atoms with E-state index in [0.29, 0.717) is 21.6 Å². The van der Waals surface area contributed by atoms with Gasteiger partial charge in [-0.2, -0.15) is 0 Å². The number of nitrogens with one attached hydrogen (secondary N) is 3. The number of rotatable bonds is 8. The van der Waals surface area contributed by atoms with E-state index in [2.05, 4.69) is 40.2 Å². The second kappa shape index (κ2) is 13.3. The number of thioether (sulfide) groups is 1. The highest BCUT2D eigenvalue weighted by molar-refractivity contribution is 8.00. The van der Waals surface area contributed by atoms with Gasteiger partial charge in [-0.05, 0) is 85.8 Å². The fourth-order valence-electron chi connectivity index (χ4n) is 4.93. The molecule has 2 unspecified atom stereocenters. The molecule has 6 nitrogen and oxygen atoms in total. The highest BCUT2D eigenvalue weighted by Gasteiger charge is 2.31. The molecule has 0 saturated carbocycles. The third kappa shape index (κ3) is 7.16. The molecular weight excluding hydrogens is 571 g/mol. The molecular formula is C32H31N3O3S3. The van der Waals surface area contributed by atoms with Crippen LogP contribution in [0.25, 0.3) is 0 Å². The minimum atomic E-state index is -0.407. The number of hydrogen-bond donors (Lipinski definition) is 3. The summed E-state index contributed by atoms with van der Waals surface area (Å²) in [7, 11) is 1.38. The number of methoxy groups -OCH3 is 1. The van der Waals surface area contributed by atoms with Crippen LogP contribution in [0.5, 0.6) is 0 Å². The van der Waals surface area contributed by atoms with Crippen LogP contribution in [-0.2, 0) is 22.4 Å². The lowest BCUT2D eigenvalue weighted by Gasteiger charge is -2.22. The Kier molecular flexibility index (Phi) is 9.38. The maximum atomic E-state index is 13.3. The average Bonchev–Trinajstić information content (AvgIpc) is 3.34. The predicted molar refractivity (Wildman–Crippen MR) is 174 cm³/mol. The smallest absolute Gasteiger partial charge is 0.341 e.